The summed E-state index contributed by atoms with van der Waals surface area (Å²) in [6.07, 6.45) is 54.9. The molecule has 0 bridgehead atoms. The fraction of sp³-hybridized carbons (Fsp3) is 0.814. The minimum atomic E-state index is -0.308. The first-order chi connectivity index (χ1) is 22.8. The molecule has 2 heterocycles. The van der Waals surface area contributed by atoms with Crippen molar-refractivity contribution in [3.8, 4) is 0 Å². The minimum Gasteiger partial charge on any atom is -0.344 e. The van der Waals surface area contributed by atoms with E-state index < -0.39 is 0 Å². The Kier molecular flexibility index (Phi) is 26.7. The Balaban J connectivity index is 1.53. The zero-order valence-electron chi connectivity index (χ0n) is 30.8. The Labute approximate surface area is 287 Å². The van der Waals surface area contributed by atoms with Crippen LogP contribution in [0.2, 0.25) is 0 Å². The maximum absolute atomic E-state index is 6.79. The highest BCUT2D eigenvalue weighted by atomic mass is 16.8. The molecule has 1 N–H and O–H groups in total. The van der Waals surface area contributed by atoms with Gasteiger partial charge < -0.3 is 14.8 Å². The van der Waals surface area contributed by atoms with Gasteiger partial charge in [-0.15, -0.1) is 0 Å². The van der Waals surface area contributed by atoms with Crippen LogP contribution >= 0.6 is 0 Å². The second kappa shape index (κ2) is 29.9. The summed E-state index contributed by atoms with van der Waals surface area (Å²) in [5.74, 6) is -0.308. The molecule has 0 aromatic rings. The Morgan fingerprint density at radius 3 is 1.20 bits per heavy atom. The molecule has 2 aliphatic rings. The predicted octanol–water partition coefficient (Wildman–Crippen LogP) is 13.3. The van der Waals surface area contributed by atoms with E-state index in [4.69, 9.17) is 9.47 Å². The van der Waals surface area contributed by atoms with Gasteiger partial charge in [0, 0.05) is 12.8 Å². The highest BCUT2D eigenvalue weighted by Crippen LogP contribution is 2.40. The van der Waals surface area contributed by atoms with E-state index in [-0.39, 0.29) is 5.79 Å². The lowest BCUT2D eigenvalue weighted by Crippen LogP contribution is -2.32. The van der Waals surface area contributed by atoms with E-state index in [1.807, 2.05) is 0 Å². The maximum atomic E-state index is 6.79. The van der Waals surface area contributed by atoms with Gasteiger partial charge in [0.25, 0.3) is 0 Å². The first-order valence-electron chi connectivity index (χ1n) is 20.5. The molecule has 2 aliphatic heterocycles. The van der Waals surface area contributed by atoms with Crippen LogP contribution in [0.15, 0.2) is 48.6 Å². The van der Waals surface area contributed by atoms with Crippen LogP contribution in [0.1, 0.15) is 194 Å². The molecule has 2 rings (SSSR count). The fourth-order valence-corrected chi connectivity index (χ4v) is 6.96. The maximum Gasteiger partial charge on any atom is 0.169 e. The highest BCUT2D eigenvalue weighted by molar-refractivity contribution is 4.94. The third-order valence-corrected chi connectivity index (χ3v) is 9.87. The first kappa shape index (κ1) is 41.0. The molecule has 0 aliphatic carbocycles. The number of allylic oxidation sites excluding steroid dienone is 8. The normalized spacial score (nSPS) is 20.1. The second-order valence-electron chi connectivity index (χ2n) is 14.2. The summed E-state index contributed by atoms with van der Waals surface area (Å²) in [7, 11) is 0. The molecular weight excluding hydrogens is 562 g/mol. The van der Waals surface area contributed by atoms with Crippen molar-refractivity contribution >= 4 is 0 Å². The number of ether oxygens (including phenoxy) is 2. The van der Waals surface area contributed by atoms with Crippen LogP contribution in [-0.4, -0.2) is 31.1 Å². The van der Waals surface area contributed by atoms with Gasteiger partial charge >= 0.3 is 0 Å². The lowest BCUT2D eigenvalue weighted by molar-refractivity contribution is -0.187. The molecule has 266 valence electrons. The van der Waals surface area contributed by atoms with E-state index in [2.05, 4.69) is 67.8 Å². The van der Waals surface area contributed by atoms with Gasteiger partial charge in [-0.05, 0) is 103 Å². The van der Waals surface area contributed by atoms with E-state index in [0.29, 0.717) is 12.2 Å². The number of unbranched alkanes of at least 4 members (excludes halogenated alkanes) is 18. The topological polar surface area (TPSA) is 30.5 Å². The van der Waals surface area contributed by atoms with Crippen molar-refractivity contribution in [2.75, 3.05) is 13.1 Å². The number of rotatable bonds is 30. The van der Waals surface area contributed by atoms with Crippen LogP contribution in [0.25, 0.3) is 0 Å². The predicted molar refractivity (Wildman–Crippen MR) is 203 cm³/mol. The van der Waals surface area contributed by atoms with E-state index >= 15 is 0 Å². The quantitative estimate of drug-likeness (QED) is 0.0626. The van der Waals surface area contributed by atoms with Gasteiger partial charge in [-0.1, -0.05) is 140 Å². The van der Waals surface area contributed by atoms with E-state index in [9.17, 15) is 0 Å². The average Bonchev–Trinajstić information content (AvgIpc) is 3.26. The summed E-state index contributed by atoms with van der Waals surface area (Å²) in [4.78, 5) is 0. The SMILES string of the molecule is CCCCC/C=C\C/C=C\CCCCCCCCC1(CCCCCCCC/C=C\C/C=C\CCCCC)O[C@H]2CCNCC[C@H]2O1. The molecule has 0 saturated carbocycles. The fourth-order valence-electron chi connectivity index (χ4n) is 6.96. The van der Waals surface area contributed by atoms with Crippen LogP contribution in [-0.2, 0) is 9.47 Å². The van der Waals surface area contributed by atoms with Crippen LogP contribution in [0.3, 0.4) is 0 Å². The summed E-state index contributed by atoms with van der Waals surface area (Å²) in [6.45, 7) is 6.67. The average molecular weight is 640 g/mol. The summed E-state index contributed by atoms with van der Waals surface area (Å²) in [6, 6.07) is 0. The monoisotopic (exact) mass is 640 g/mol. The van der Waals surface area contributed by atoms with Gasteiger partial charge in [-0.2, -0.15) is 0 Å². The number of hydrogen-bond donors (Lipinski definition) is 1. The van der Waals surface area contributed by atoms with Gasteiger partial charge in [0.1, 0.15) is 0 Å². The summed E-state index contributed by atoms with van der Waals surface area (Å²) < 4.78 is 13.6. The zero-order chi connectivity index (χ0) is 32.6. The van der Waals surface area contributed by atoms with Gasteiger partial charge in [-0.3, -0.25) is 0 Å². The van der Waals surface area contributed by atoms with Crippen LogP contribution < -0.4 is 5.32 Å². The van der Waals surface area contributed by atoms with Crippen molar-refractivity contribution in [2.45, 2.75) is 212 Å². The summed E-state index contributed by atoms with van der Waals surface area (Å²) >= 11 is 0. The summed E-state index contributed by atoms with van der Waals surface area (Å²) in [5.41, 5.74) is 0. The van der Waals surface area contributed by atoms with Crippen molar-refractivity contribution in [3.63, 3.8) is 0 Å². The van der Waals surface area contributed by atoms with Crippen LogP contribution in [0, 0.1) is 0 Å². The van der Waals surface area contributed by atoms with Crippen molar-refractivity contribution in [3.05, 3.63) is 48.6 Å². The van der Waals surface area contributed by atoms with Gasteiger partial charge in [0.2, 0.25) is 0 Å². The van der Waals surface area contributed by atoms with E-state index in [1.165, 1.54) is 141 Å². The molecule has 0 unspecified atom stereocenters. The molecule has 0 aromatic carbocycles. The number of hydrogen-bond acceptors (Lipinski definition) is 3. The van der Waals surface area contributed by atoms with Gasteiger partial charge in [0.05, 0.1) is 12.2 Å². The lowest BCUT2D eigenvalue weighted by atomic mass is 9.98. The summed E-state index contributed by atoms with van der Waals surface area (Å²) in [5, 5.41) is 3.53. The largest absolute Gasteiger partial charge is 0.344 e. The minimum absolute atomic E-state index is 0.296. The Morgan fingerprint density at radius 1 is 0.457 bits per heavy atom. The molecule has 0 aromatic heterocycles. The number of nitrogens with one attached hydrogen (secondary N) is 1. The first-order valence-corrected chi connectivity index (χ1v) is 20.5. The van der Waals surface area contributed by atoms with E-state index in [0.717, 1.165) is 51.6 Å². The Bertz CT molecular complexity index is 720. The van der Waals surface area contributed by atoms with Gasteiger partial charge in [0.15, 0.2) is 5.79 Å². The molecule has 0 radical (unpaired) electrons. The molecule has 3 nitrogen and oxygen atoms in total. The molecule has 3 heteroatoms. The second-order valence-corrected chi connectivity index (χ2v) is 14.2. The van der Waals surface area contributed by atoms with Gasteiger partial charge in [-0.25, -0.2) is 0 Å². The van der Waals surface area contributed by atoms with Crippen molar-refractivity contribution in [1.82, 2.24) is 5.32 Å². The molecule has 2 atom stereocenters. The lowest BCUT2D eigenvalue weighted by Gasteiger charge is -2.29. The zero-order valence-corrected chi connectivity index (χ0v) is 30.8. The molecule has 2 saturated heterocycles. The molecule has 0 amide bonds. The molecule has 2 fully saturated rings. The standard InChI is InChI=1S/C43H77NO2/c1-3-5-7-9-11-13-15-17-19-21-23-25-27-29-31-33-37-43(45-41-35-39-44-40-36-42(41)46-43)38-34-32-30-28-26-24-22-20-18-16-14-12-10-8-6-4-2/h11-14,17-20,41-42,44H,3-10,15-16,21-40H2,1-2H3/b13-11-,14-12-,19-17-,20-18-/t41-,42+. The Morgan fingerprint density at radius 2 is 0.804 bits per heavy atom. The van der Waals surface area contributed by atoms with Crippen molar-refractivity contribution in [2.24, 2.45) is 0 Å². The molecular formula is C43H77NO2. The molecule has 0 spiro atoms. The third-order valence-electron chi connectivity index (χ3n) is 9.87. The smallest absolute Gasteiger partial charge is 0.169 e. The highest BCUT2D eigenvalue weighted by Gasteiger charge is 2.46. The Hall–Kier alpha value is -1.16. The van der Waals surface area contributed by atoms with Crippen LogP contribution in [0.4, 0.5) is 0 Å². The van der Waals surface area contributed by atoms with E-state index in [1.54, 1.807) is 0 Å². The molecule has 46 heavy (non-hydrogen) atoms. The van der Waals surface area contributed by atoms with Crippen molar-refractivity contribution in [1.29, 1.82) is 0 Å². The third kappa shape index (κ3) is 21.7. The van der Waals surface area contributed by atoms with Crippen LogP contribution in [0.5, 0.6) is 0 Å². The van der Waals surface area contributed by atoms with Crippen molar-refractivity contribution < 1.29 is 9.47 Å². The number of fused-ring (bicyclic) bond motifs is 1.